The van der Waals surface area contributed by atoms with Crippen LogP contribution < -0.4 is 11.4 Å². The first kappa shape index (κ1) is 31.8. The maximum atomic E-state index is 13.9. The van der Waals surface area contributed by atoms with E-state index in [9.17, 15) is 39.0 Å². The number of ketones is 2. The molecule has 2 atom stereocenters. The summed E-state index contributed by atoms with van der Waals surface area (Å²) in [7, 11) is 8.53. The lowest BCUT2D eigenvalue weighted by molar-refractivity contribution is -0.142. The van der Waals surface area contributed by atoms with Crippen LogP contribution in [0.15, 0.2) is 68.7 Å². The van der Waals surface area contributed by atoms with Crippen molar-refractivity contribution in [3.05, 3.63) is 91.2 Å². The fraction of sp³-hybridized carbons (Fsp3) is 0.312. The Kier molecular flexibility index (Phi) is 8.07. The molecule has 0 spiro atoms. The van der Waals surface area contributed by atoms with Crippen LogP contribution in [-0.4, -0.2) is 66.2 Å². The average molecular weight is 633 g/mol. The van der Waals surface area contributed by atoms with Crippen molar-refractivity contribution in [3.8, 4) is 0 Å². The maximum absolute atomic E-state index is 13.9. The molecule has 1 aliphatic rings. The molecule has 2 heterocycles. The summed E-state index contributed by atoms with van der Waals surface area (Å²) < 4.78 is 15.2. The maximum Gasteiger partial charge on any atom is 0.328 e. The molecule has 14 heteroatoms. The van der Waals surface area contributed by atoms with Crippen LogP contribution >= 0.6 is 0 Å². The number of Topliss-reactive ketones (excluding diaryl/α,β-unsaturated/α-hetero) is 2. The highest BCUT2D eigenvalue weighted by atomic mass is 16.5. The molecule has 1 aliphatic carbocycles. The first-order valence-corrected chi connectivity index (χ1v) is 14.1. The quantitative estimate of drug-likeness (QED) is 0.215. The van der Waals surface area contributed by atoms with Gasteiger partial charge in [-0.1, -0.05) is 12.1 Å². The molecule has 2 aromatic heterocycles. The summed E-state index contributed by atoms with van der Waals surface area (Å²) in [6.07, 6.45) is -0.984. The minimum atomic E-state index is -1.26. The second kappa shape index (κ2) is 11.7. The van der Waals surface area contributed by atoms with E-state index in [0.29, 0.717) is 33.2 Å². The summed E-state index contributed by atoms with van der Waals surface area (Å²) in [6, 6.07) is 9.40. The monoisotopic (exact) mass is 632 g/mol. The van der Waals surface area contributed by atoms with Crippen LogP contribution in [-0.2, 0) is 56.8 Å². The Morgan fingerprint density at radius 2 is 0.935 bits per heavy atom. The molecule has 5 rings (SSSR count). The number of hydrogen-bond acceptors (Lipinski definition) is 10. The topological polar surface area (TPSA) is 181 Å². The lowest BCUT2D eigenvalue weighted by atomic mass is 9.75. The highest BCUT2D eigenvalue weighted by Gasteiger charge is 2.43. The molecule has 0 unspecified atom stereocenters. The van der Waals surface area contributed by atoms with Gasteiger partial charge in [-0.25, -0.2) is 9.59 Å². The zero-order valence-corrected chi connectivity index (χ0v) is 26.0. The van der Waals surface area contributed by atoms with Gasteiger partial charge in [0, 0.05) is 40.0 Å². The van der Waals surface area contributed by atoms with E-state index < -0.39 is 70.8 Å². The van der Waals surface area contributed by atoms with Gasteiger partial charge >= 0.3 is 23.3 Å². The van der Waals surface area contributed by atoms with Crippen LogP contribution in [0, 0.1) is 0 Å². The van der Waals surface area contributed by atoms with Crippen LogP contribution in [0.25, 0.3) is 22.1 Å². The summed E-state index contributed by atoms with van der Waals surface area (Å²) in [5.41, 5.74) is 0.875. The molecule has 0 bridgehead atoms. The van der Waals surface area contributed by atoms with Crippen molar-refractivity contribution in [2.24, 2.45) is 28.2 Å². The molecule has 46 heavy (non-hydrogen) atoms. The van der Waals surface area contributed by atoms with Gasteiger partial charge in [0.1, 0.15) is 0 Å². The molecular formula is C32H32N4O10. The van der Waals surface area contributed by atoms with Gasteiger partial charge in [-0.2, -0.15) is 0 Å². The number of fused-ring (bicyclic) bond motifs is 2. The smallest absolute Gasteiger partial charge is 0.328 e. The normalized spacial score (nSPS) is 15.2. The van der Waals surface area contributed by atoms with E-state index in [1.54, 1.807) is 64.6 Å². The second-order valence-corrected chi connectivity index (χ2v) is 11.1. The zero-order valence-electron chi connectivity index (χ0n) is 26.0. The molecule has 0 saturated carbocycles. The molecule has 0 saturated heterocycles. The number of aliphatic hydroxyl groups is 2. The van der Waals surface area contributed by atoms with Crippen molar-refractivity contribution >= 4 is 45.6 Å². The Morgan fingerprint density at radius 1 is 0.609 bits per heavy atom. The minimum Gasteiger partial charge on any atom is -0.504 e. The number of aryl methyl sites for hydroxylation is 4. The molecule has 240 valence electrons. The van der Waals surface area contributed by atoms with E-state index in [1.165, 1.54) is 18.3 Å². The third-order valence-electron chi connectivity index (χ3n) is 8.72. The molecular weight excluding hydrogens is 600 g/mol. The Morgan fingerprint density at radius 3 is 1.26 bits per heavy atom. The van der Waals surface area contributed by atoms with Gasteiger partial charge in [0.2, 0.25) is 11.6 Å². The Bertz CT molecular complexity index is 2020. The van der Waals surface area contributed by atoms with E-state index in [-0.39, 0.29) is 11.4 Å². The molecule has 2 aromatic carbocycles. The van der Waals surface area contributed by atoms with Gasteiger partial charge in [-0.15, -0.1) is 0 Å². The lowest BCUT2D eigenvalue weighted by Gasteiger charge is -2.27. The van der Waals surface area contributed by atoms with E-state index in [1.807, 2.05) is 0 Å². The van der Waals surface area contributed by atoms with Crippen molar-refractivity contribution in [2.75, 3.05) is 14.2 Å². The van der Waals surface area contributed by atoms with Crippen LogP contribution in [0.4, 0.5) is 0 Å². The van der Waals surface area contributed by atoms with Crippen molar-refractivity contribution < 1.29 is 38.9 Å². The van der Waals surface area contributed by atoms with E-state index in [2.05, 4.69) is 0 Å². The Hall–Kier alpha value is -5.66. The molecule has 0 aliphatic heterocycles. The second-order valence-electron chi connectivity index (χ2n) is 11.1. The van der Waals surface area contributed by atoms with Crippen molar-refractivity contribution in [1.82, 2.24) is 18.3 Å². The van der Waals surface area contributed by atoms with Crippen molar-refractivity contribution in [3.63, 3.8) is 0 Å². The number of carbonyl (C=O) groups is 4. The minimum absolute atomic E-state index is 0.291. The standard InChI is InChI=1S/C32H32N4O10/c1-33-19-9-7-15(11-21(19)35(3)31(33)43)17(13-23(37)45-5)25-27(39)29(41)26(30(42)28(25)40)18(14-24(38)46-6)16-8-10-20-22(12-16)36(4)32(44)34(20)2/h7-12,17-18,39,42H,13-14H2,1-6H3/t17-,18-/m0/s1. The molecule has 0 radical (unpaired) electrons. The van der Waals surface area contributed by atoms with Gasteiger partial charge in [-0.3, -0.25) is 37.4 Å². The fourth-order valence-electron chi connectivity index (χ4n) is 6.12. The van der Waals surface area contributed by atoms with E-state index in [4.69, 9.17) is 9.47 Å². The molecule has 0 fully saturated rings. The van der Waals surface area contributed by atoms with Gasteiger partial charge in [0.05, 0.1) is 60.3 Å². The highest BCUT2D eigenvalue weighted by Crippen LogP contribution is 2.41. The summed E-state index contributed by atoms with van der Waals surface area (Å²) in [6.45, 7) is 0. The van der Waals surface area contributed by atoms with Crippen molar-refractivity contribution in [2.45, 2.75) is 24.7 Å². The lowest BCUT2D eigenvalue weighted by Crippen LogP contribution is -2.31. The van der Waals surface area contributed by atoms with E-state index in [0.717, 1.165) is 14.2 Å². The number of imidazole rings is 2. The average Bonchev–Trinajstić information content (AvgIpc) is 3.40. The Labute approximate surface area is 261 Å². The zero-order chi connectivity index (χ0) is 33.8. The van der Waals surface area contributed by atoms with E-state index >= 15 is 0 Å². The predicted molar refractivity (Wildman–Crippen MR) is 164 cm³/mol. The number of benzene rings is 2. The van der Waals surface area contributed by atoms with Crippen LogP contribution in [0.2, 0.25) is 0 Å². The SMILES string of the molecule is COC(=O)C[C@H](C1=C(O)C(=O)C([C@@H](CC(=O)OC)c2ccc3c(c2)n(C)c(=O)n3C)=C(O)C1=O)c1ccc2c(c1)n(C)c(=O)n2C. The first-order valence-electron chi connectivity index (χ1n) is 14.1. The summed E-state index contributed by atoms with van der Waals surface area (Å²) in [5.74, 6) is -8.37. The predicted octanol–water partition coefficient (Wildman–Crippen LogP) is 1.84. The van der Waals surface area contributed by atoms with Gasteiger partial charge < -0.3 is 19.7 Å². The molecule has 14 nitrogen and oxygen atoms in total. The number of rotatable bonds is 8. The molecule has 2 N–H and O–H groups in total. The van der Waals surface area contributed by atoms with Crippen molar-refractivity contribution in [1.29, 1.82) is 0 Å². The molecule has 0 amide bonds. The third kappa shape index (κ3) is 4.91. The summed E-state index contributed by atoms with van der Waals surface area (Å²) in [5, 5.41) is 22.7. The number of hydrogen-bond donors (Lipinski definition) is 2. The summed E-state index contributed by atoms with van der Waals surface area (Å²) in [4.78, 5) is 78.0. The number of esters is 2. The highest BCUT2D eigenvalue weighted by molar-refractivity contribution is 6.24. The van der Waals surface area contributed by atoms with Crippen LogP contribution in [0.1, 0.15) is 35.8 Å². The van der Waals surface area contributed by atoms with Gasteiger partial charge in [0.25, 0.3) is 0 Å². The number of nitrogens with zero attached hydrogens (tertiary/aromatic N) is 4. The largest absolute Gasteiger partial charge is 0.504 e. The first-order chi connectivity index (χ1) is 21.7. The third-order valence-corrected chi connectivity index (χ3v) is 8.72. The fourth-order valence-corrected chi connectivity index (χ4v) is 6.12. The summed E-state index contributed by atoms with van der Waals surface area (Å²) >= 11 is 0. The number of carbonyl (C=O) groups excluding carboxylic acids is 4. The number of aliphatic hydroxyl groups excluding tert-OH is 2. The van der Waals surface area contributed by atoms with Gasteiger partial charge in [0.15, 0.2) is 11.5 Å². The van der Waals surface area contributed by atoms with Crippen LogP contribution in [0.3, 0.4) is 0 Å². The number of aromatic nitrogens is 4. The van der Waals surface area contributed by atoms with Crippen LogP contribution in [0.5, 0.6) is 0 Å². The molecule has 4 aromatic rings. The number of ether oxygens (including phenoxy) is 2. The number of allylic oxidation sites excluding steroid dienone is 2. The van der Waals surface area contributed by atoms with Gasteiger partial charge in [-0.05, 0) is 35.4 Å². The Balaban J connectivity index is 1.67. The number of methoxy groups -OCH3 is 2.